The number of ether oxygens (including phenoxy) is 1. The Kier molecular flexibility index (Phi) is 3.97. The highest BCUT2D eigenvalue weighted by Crippen LogP contribution is 2.31. The van der Waals surface area contributed by atoms with Crippen LogP contribution in [0.2, 0.25) is 10.0 Å². The smallest absolute Gasteiger partial charge is 0.149 e. The molecule has 1 aromatic rings. The first-order valence-electron chi connectivity index (χ1n) is 5.51. The normalized spacial score (nSPS) is 17.1. The minimum atomic E-state index is 0.310. The first-order chi connectivity index (χ1) is 8.09. The third-order valence-electron chi connectivity index (χ3n) is 3.01. The third kappa shape index (κ3) is 2.76. The molecule has 2 rings (SSSR count). The molecule has 0 aliphatic carbocycles. The van der Waals surface area contributed by atoms with Crippen LogP contribution in [-0.2, 0) is 4.74 Å². The highest BCUT2D eigenvalue weighted by atomic mass is 35.5. The molecular formula is C11H15Cl2N3O. The maximum absolute atomic E-state index is 6.14. The molecule has 1 aliphatic heterocycles. The molecule has 0 atom stereocenters. The number of rotatable bonds is 2. The number of halogens is 2. The van der Waals surface area contributed by atoms with Gasteiger partial charge in [-0.3, -0.25) is 0 Å². The number of nitrogen functional groups attached to an aromatic ring is 1. The summed E-state index contributed by atoms with van der Waals surface area (Å²) < 4.78 is 5.33. The monoisotopic (exact) mass is 275 g/mol. The predicted molar refractivity (Wildman–Crippen MR) is 70.9 cm³/mol. The van der Waals surface area contributed by atoms with Crippen LogP contribution in [0, 0.1) is 0 Å². The third-order valence-corrected chi connectivity index (χ3v) is 3.59. The second kappa shape index (κ2) is 5.29. The largest absolute Gasteiger partial charge is 0.382 e. The predicted octanol–water partition coefficient (Wildman–Crippen LogP) is 2.59. The van der Waals surface area contributed by atoms with Gasteiger partial charge in [0.15, 0.2) is 0 Å². The van der Waals surface area contributed by atoms with Crippen LogP contribution in [0.15, 0.2) is 6.07 Å². The zero-order valence-corrected chi connectivity index (χ0v) is 11.1. The van der Waals surface area contributed by atoms with Gasteiger partial charge in [-0.2, -0.15) is 0 Å². The summed E-state index contributed by atoms with van der Waals surface area (Å²) in [7, 11) is 1.97. The first-order valence-corrected chi connectivity index (χ1v) is 6.27. The summed E-state index contributed by atoms with van der Waals surface area (Å²) in [6.07, 6.45) is 1.94. The molecule has 0 saturated carbocycles. The number of anilines is 2. The maximum Gasteiger partial charge on any atom is 0.149 e. The van der Waals surface area contributed by atoms with Crippen LogP contribution in [0.3, 0.4) is 0 Å². The molecule has 17 heavy (non-hydrogen) atoms. The molecule has 0 spiro atoms. The van der Waals surface area contributed by atoms with E-state index in [2.05, 4.69) is 9.88 Å². The van der Waals surface area contributed by atoms with E-state index in [1.54, 1.807) is 6.07 Å². The summed E-state index contributed by atoms with van der Waals surface area (Å²) in [6.45, 7) is 1.55. The first kappa shape index (κ1) is 12.7. The molecule has 0 unspecified atom stereocenters. The van der Waals surface area contributed by atoms with Crippen molar-refractivity contribution >= 4 is 34.8 Å². The quantitative estimate of drug-likeness (QED) is 0.902. The van der Waals surface area contributed by atoms with Crippen LogP contribution >= 0.6 is 23.2 Å². The Labute approximate surface area is 111 Å². The SMILES string of the molecule is CN(c1nc(N)c(Cl)cc1Cl)C1CCOCC1. The Morgan fingerprint density at radius 3 is 2.65 bits per heavy atom. The Morgan fingerprint density at radius 2 is 2.00 bits per heavy atom. The molecule has 1 aromatic heterocycles. The maximum atomic E-state index is 6.14. The fourth-order valence-corrected chi connectivity index (χ4v) is 2.46. The molecule has 0 aromatic carbocycles. The standard InChI is InChI=1S/C11H15Cl2N3O/c1-16(7-2-4-17-5-3-7)11-9(13)6-8(12)10(14)15-11/h6-7H,2-5H2,1H3,(H2,14,15). The average molecular weight is 276 g/mol. The topological polar surface area (TPSA) is 51.4 Å². The van der Waals surface area contributed by atoms with Crippen molar-refractivity contribution in [3.05, 3.63) is 16.1 Å². The van der Waals surface area contributed by atoms with Crippen LogP contribution < -0.4 is 10.6 Å². The molecule has 6 heteroatoms. The van der Waals surface area contributed by atoms with E-state index in [1.165, 1.54) is 0 Å². The molecule has 94 valence electrons. The number of nitrogens with zero attached hydrogens (tertiary/aromatic N) is 2. The van der Waals surface area contributed by atoms with Gasteiger partial charge >= 0.3 is 0 Å². The molecule has 2 N–H and O–H groups in total. The molecule has 0 radical (unpaired) electrons. The fraction of sp³-hybridized carbons (Fsp3) is 0.545. The van der Waals surface area contributed by atoms with E-state index in [0.717, 1.165) is 26.1 Å². The van der Waals surface area contributed by atoms with Gasteiger partial charge in [0, 0.05) is 26.3 Å². The number of pyridine rings is 1. The van der Waals surface area contributed by atoms with Crippen molar-refractivity contribution in [1.82, 2.24) is 4.98 Å². The fourth-order valence-electron chi connectivity index (χ4n) is 1.96. The molecule has 0 amide bonds. The van der Waals surface area contributed by atoms with E-state index in [1.807, 2.05) is 7.05 Å². The second-order valence-corrected chi connectivity index (χ2v) is 4.93. The minimum absolute atomic E-state index is 0.310. The number of hydrogen-bond donors (Lipinski definition) is 1. The highest BCUT2D eigenvalue weighted by Gasteiger charge is 2.22. The molecule has 1 fully saturated rings. The second-order valence-electron chi connectivity index (χ2n) is 4.12. The Morgan fingerprint density at radius 1 is 1.35 bits per heavy atom. The van der Waals surface area contributed by atoms with E-state index in [4.69, 9.17) is 33.7 Å². The summed E-state index contributed by atoms with van der Waals surface area (Å²) in [5.74, 6) is 0.991. The van der Waals surface area contributed by atoms with Crippen molar-refractivity contribution in [2.75, 3.05) is 30.9 Å². The summed E-state index contributed by atoms with van der Waals surface area (Å²) in [6, 6.07) is 2.02. The number of nitrogens with two attached hydrogens (primary N) is 1. The van der Waals surface area contributed by atoms with Gasteiger partial charge in [0.1, 0.15) is 11.6 Å². The van der Waals surface area contributed by atoms with Crippen molar-refractivity contribution in [1.29, 1.82) is 0 Å². The van der Waals surface area contributed by atoms with E-state index >= 15 is 0 Å². The van der Waals surface area contributed by atoms with E-state index in [9.17, 15) is 0 Å². The van der Waals surface area contributed by atoms with Crippen molar-refractivity contribution in [3.8, 4) is 0 Å². The van der Waals surface area contributed by atoms with E-state index in [-0.39, 0.29) is 0 Å². The molecule has 1 aliphatic rings. The minimum Gasteiger partial charge on any atom is -0.382 e. The van der Waals surface area contributed by atoms with Gasteiger partial charge in [-0.1, -0.05) is 23.2 Å². The van der Waals surface area contributed by atoms with Crippen LogP contribution in [0.5, 0.6) is 0 Å². The summed E-state index contributed by atoms with van der Waals surface area (Å²) in [5, 5.41) is 0.914. The highest BCUT2D eigenvalue weighted by molar-refractivity contribution is 6.37. The van der Waals surface area contributed by atoms with Gasteiger partial charge in [0.25, 0.3) is 0 Å². The Balaban J connectivity index is 2.23. The van der Waals surface area contributed by atoms with Crippen molar-refractivity contribution in [2.24, 2.45) is 0 Å². The van der Waals surface area contributed by atoms with Gasteiger partial charge in [0.05, 0.1) is 10.0 Å². The van der Waals surface area contributed by atoms with Gasteiger partial charge < -0.3 is 15.4 Å². The van der Waals surface area contributed by atoms with E-state index in [0.29, 0.717) is 27.7 Å². The van der Waals surface area contributed by atoms with Crippen LogP contribution in [-0.4, -0.2) is 31.3 Å². The Bertz CT molecular complexity index is 408. The molecule has 2 heterocycles. The van der Waals surface area contributed by atoms with Crippen molar-refractivity contribution in [3.63, 3.8) is 0 Å². The lowest BCUT2D eigenvalue weighted by molar-refractivity contribution is 0.0853. The molecular weight excluding hydrogens is 261 g/mol. The van der Waals surface area contributed by atoms with Crippen molar-refractivity contribution in [2.45, 2.75) is 18.9 Å². The van der Waals surface area contributed by atoms with Gasteiger partial charge in [-0.05, 0) is 18.9 Å². The lowest BCUT2D eigenvalue weighted by Gasteiger charge is -2.32. The summed E-state index contributed by atoms with van der Waals surface area (Å²) in [5.41, 5.74) is 5.70. The molecule has 4 nitrogen and oxygen atoms in total. The molecule has 1 saturated heterocycles. The number of aromatic nitrogens is 1. The lowest BCUT2D eigenvalue weighted by Crippen LogP contribution is -2.37. The van der Waals surface area contributed by atoms with Gasteiger partial charge in [-0.15, -0.1) is 0 Å². The van der Waals surface area contributed by atoms with Gasteiger partial charge in [0.2, 0.25) is 0 Å². The average Bonchev–Trinajstić information content (AvgIpc) is 2.34. The summed E-state index contributed by atoms with van der Waals surface area (Å²) >= 11 is 12.0. The zero-order chi connectivity index (χ0) is 12.4. The van der Waals surface area contributed by atoms with Crippen LogP contribution in [0.25, 0.3) is 0 Å². The van der Waals surface area contributed by atoms with Gasteiger partial charge in [-0.25, -0.2) is 4.98 Å². The Hall–Kier alpha value is -0.710. The van der Waals surface area contributed by atoms with Crippen LogP contribution in [0.1, 0.15) is 12.8 Å². The van der Waals surface area contributed by atoms with E-state index < -0.39 is 0 Å². The van der Waals surface area contributed by atoms with Crippen LogP contribution in [0.4, 0.5) is 11.6 Å². The molecule has 0 bridgehead atoms. The lowest BCUT2D eigenvalue weighted by atomic mass is 10.1. The summed E-state index contributed by atoms with van der Waals surface area (Å²) in [4.78, 5) is 6.30. The number of hydrogen-bond acceptors (Lipinski definition) is 4. The zero-order valence-electron chi connectivity index (χ0n) is 9.62. The van der Waals surface area contributed by atoms with Crippen molar-refractivity contribution < 1.29 is 4.74 Å².